The molecule has 0 aliphatic rings. The van der Waals surface area contributed by atoms with Gasteiger partial charge in [0.25, 0.3) is 0 Å². The van der Waals surface area contributed by atoms with Crippen LogP contribution >= 0.6 is 0 Å². The predicted octanol–water partition coefficient (Wildman–Crippen LogP) is 0.300. The number of hydrogen-bond acceptors (Lipinski definition) is 1. The van der Waals surface area contributed by atoms with Crippen molar-refractivity contribution in [1.29, 1.82) is 0 Å². The molecule has 0 rings (SSSR count). The molecule has 0 aliphatic heterocycles. The zero-order valence-electron chi connectivity index (χ0n) is 10.9. The van der Waals surface area contributed by atoms with Gasteiger partial charge in [-0.3, -0.25) is 0 Å². The van der Waals surface area contributed by atoms with E-state index in [0.29, 0.717) is 5.92 Å². The first-order valence-corrected chi connectivity index (χ1v) is 5.22. The summed E-state index contributed by atoms with van der Waals surface area (Å²) in [5.41, 5.74) is -0.617. The summed E-state index contributed by atoms with van der Waals surface area (Å²) in [4.78, 5) is 1.71. The molecule has 0 aromatic carbocycles. The van der Waals surface area contributed by atoms with Crippen molar-refractivity contribution in [3.05, 3.63) is 12.1 Å². The van der Waals surface area contributed by atoms with Crippen LogP contribution in [0.2, 0.25) is 0 Å². The molecule has 90 valence electrons. The van der Waals surface area contributed by atoms with Crippen LogP contribution in [0, 0.1) is 5.92 Å². The Labute approximate surface area is 139 Å². The van der Waals surface area contributed by atoms with Gasteiger partial charge in [-0.1, -0.05) is 13.8 Å². The van der Waals surface area contributed by atoms with Gasteiger partial charge in [0.05, 0.1) is 0 Å². The summed E-state index contributed by atoms with van der Waals surface area (Å²) in [5.74, 6) is 0.493. The fourth-order valence-corrected chi connectivity index (χ4v) is 1.44. The Bertz CT molecular complexity index is 219. The van der Waals surface area contributed by atoms with Crippen LogP contribution in [0.15, 0.2) is 12.1 Å². The van der Waals surface area contributed by atoms with Crippen LogP contribution in [-0.4, -0.2) is 31.5 Å². The molecule has 0 radical (unpaired) electrons. The summed E-state index contributed by atoms with van der Waals surface area (Å²) in [6.45, 7) is 4.18. The van der Waals surface area contributed by atoms with Crippen molar-refractivity contribution < 1.29 is 64.3 Å². The average Bonchev–Trinajstić information content (AvgIpc) is 2.00. The molecule has 16 heavy (non-hydrogen) atoms. The maximum Gasteiger partial charge on any atom is 1.00 e. The Kier molecular flexibility index (Phi) is 10.2. The molecule has 0 bridgehead atoms. The van der Waals surface area contributed by atoms with Crippen molar-refractivity contribution in [3.63, 3.8) is 0 Å². The number of nitrogens with zero attached hydrogens (tertiary/aromatic N) is 1. The molecule has 0 aromatic heterocycles. The van der Waals surface area contributed by atoms with Crippen molar-refractivity contribution >= 4 is 6.98 Å². The van der Waals surface area contributed by atoms with Crippen molar-refractivity contribution in [2.75, 3.05) is 13.6 Å². The molecule has 0 aromatic rings. The van der Waals surface area contributed by atoms with Crippen LogP contribution in [0.1, 0.15) is 27.2 Å². The zero-order chi connectivity index (χ0) is 12.2. The summed E-state index contributed by atoms with van der Waals surface area (Å²) in [6, 6.07) is 0.153. The molecule has 0 saturated carbocycles. The molecule has 0 amide bonds. The maximum absolute atomic E-state index is 12.3. The molecule has 0 N–H and O–H groups in total. The van der Waals surface area contributed by atoms with Gasteiger partial charge in [-0.05, 0) is 32.9 Å². The first-order valence-electron chi connectivity index (χ1n) is 5.22. The minimum Gasteiger partial charge on any atom is -0.445 e. The minimum absolute atomic E-state index is 0. The molecule has 1 nitrogen and oxygen atoms in total. The maximum atomic E-state index is 12.3. The second-order valence-electron chi connectivity index (χ2n) is 4.63. The van der Waals surface area contributed by atoms with E-state index < -0.39 is 12.4 Å². The van der Waals surface area contributed by atoms with E-state index in [9.17, 15) is 12.9 Å². The number of hydrogen-bond donors (Lipinski definition) is 0. The molecule has 1 unspecified atom stereocenters. The number of rotatable bonds is 6. The van der Waals surface area contributed by atoms with Gasteiger partial charge >= 0.3 is 58.4 Å². The Morgan fingerprint density at radius 3 is 2.00 bits per heavy atom. The van der Waals surface area contributed by atoms with E-state index in [1.54, 1.807) is 11.9 Å². The third-order valence-corrected chi connectivity index (χ3v) is 2.48. The van der Waals surface area contributed by atoms with E-state index in [1.165, 1.54) is 0 Å². The first-order chi connectivity index (χ1) is 6.64. The molecule has 0 heterocycles. The summed E-state index contributed by atoms with van der Waals surface area (Å²) in [7, 11) is 1.71. The van der Waals surface area contributed by atoms with E-state index in [1.807, 2.05) is 6.92 Å². The minimum atomic E-state index is -4.89. The molecule has 0 saturated heterocycles. The number of likely N-dealkylation sites (N-methyl/N-ethyl adjacent to an activating group) is 1. The van der Waals surface area contributed by atoms with Crippen molar-refractivity contribution in [2.24, 2.45) is 5.92 Å². The first kappa shape index (κ1) is 19.5. The summed E-state index contributed by atoms with van der Waals surface area (Å²) < 4.78 is 36.8. The Balaban J connectivity index is 0. The molecule has 6 heteroatoms. The van der Waals surface area contributed by atoms with Gasteiger partial charge in [0.2, 0.25) is 0 Å². The largest absolute Gasteiger partial charge is 1.00 e. The van der Waals surface area contributed by atoms with E-state index in [-0.39, 0.29) is 64.0 Å². The third-order valence-electron chi connectivity index (χ3n) is 2.48. The smallest absolute Gasteiger partial charge is 0.445 e. The normalized spacial score (nSPS) is 13.8. The molecular formula is C10H20BF3KN. The van der Waals surface area contributed by atoms with Gasteiger partial charge in [0.1, 0.15) is 0 Å². The topological polar surface area (TPSA) is 3.24 Å². The van der Waals surface area contributed by atoms with Gasteiger partial charge in [-0.2, -0.15) is 0 Å². The SMILES string of the molecule is C=C(CN(C)C(C)CC(C)C)[B-](F)(F)F.[K+]. The van der Waals surface area contributed by atoms with Gasteiger partial charge in [0, 0.05) is 6.04 Å². The summed E-state index contributed by atoms with van der Waals surface area (Å²) in [6.07, 6.45) is 0.897. The Hall–Kier alpha value is 1.19. The van der Waals surface area contributed by atoms with E-state index in [4.69, 9.17) is 0 Å². The Morgan fingerprint density at radius 1 is 1.25 bits per heavy atom. The zero-order valence-corrected chi connectivity index (χ0v) is 14.1. The average molecular weight is 261 g/mol. The fourth-order valence-electron chi connectivity index (χ4n) is 1.44. The van der Waals surface area contributed by atoms with Gasteiger partial charge in [-0.15, -0.1) is 12.1 Å². The van der Waals surface area contributed by atoms with E-state index in [2.05, 4.69) is 20.4 Å². The van der Waals surface area contributed by atoms with Gasteiger partial charge in [0.15, 0.2) is 0 Å². The van der Waals surface area contributed by atoms with E-state index in [0.717, 1.165) is 6.42 Å². The quantitative estimate of drug-likeness (QED) is 0.622. The standard InChI is InChI=1S/C10H20BF3N.K/c1-8(2)6-10(4)15(5)7-9(3)11(12,13)14;/h8,10H,3,6-7H2,1-2,4-5H3;/q-1;+1. The van der Waals surface area contributed by atoms with Crippen LogP contribution in [0.5, 0.6) is 0 Å². The molecule has 0 fully saturated rings. The van der Waals surface area contributed by atoms with Gasteiger partial charge < -0.3 is 17.8 Å². The summed E-state index contributed by atoms with van der Waals surface area (Å²) in [5, 5.41) is 0. The summed E-state index contributed by atoms with van der Waals surface area (Å²) >= 11 is 0. The van der Waals surface area contributed by atoms with Crippen LogP contribution in [0.3, 0.4) is 0 Å². The van der Waals surface area contributed by atoms with Crippen molar-refractivity contribution in [3.8, 4) is 0 Å². The van der Waals surface area contributed by atoms with Crippen LogP contribution < -0.4 is 51.4 Å². The second kappa shape index (κ2) is 8.32. The molecule has 0 spiro atoms. The monoisotopic (exact) mass is 261 g/mol. The molecular weight excluding hydrogens is 241 g/mol. The van der Waals surface area contributed by atoms with Crippen molar-refractivity contribution in [2.45, 2.75) is 33.2 Å². The molecule has 1 atom stereocenters. The molecule has 0 aliphatic carbocycles. The van der Waals surface area contributed by atoms with Crippen molar-refractivity contribution in [1.82, 2.24) is 4.90 Å². The fraction of sp³-hybridized carbons (Fsp3) is 0.800. The van der Waals surface area contributed by atoms with Crippen LogP contribution in [-0.2, 0) is 0 Å². The second-order valence-corrected chi connectivity index (χ2v) is 4.63. The van der Waals surface area contributed by atoms with Gasteiger partial charge in [-0.25, -0.2) is 0 Å². The van der Waals surface area contributed by atoms with E-state index >= 15 is 0 Å². The third kappa shape index (κ3) is 8.31. The van der Waals surface area contributed by atoms with Crippen LogP contribution in [0.4, 0.5) is 12.9 Å². The Morgan fingerprint density at radius 2 is 1.69 bits per heavy atom. The van der Waals surface area contributed by atoms with Crippen LogP contribution in [0.25, 0.3) is 0 Å². The number of halogens is 3. The predicted molar refractivity (Wildman–Crippen MR) is 59.8 cm³/mol.